The molecule has 4 rings (SSSR count). The maximum absolute atomic E-state index is 11.3. The number of nitrogens with zero attached hydrogens (tertiary/aromatic N) is 2. The van der Waals surface area contributed by atoms with Crippen molar-refractivity contribution in [1.82, 2.24) is 9.80 Å². The number of para-hydroxylation sites is 1. The van der Waals surface area contributed by atoms with Crippen LogP contribution in [0.1, 0.15) is 27.5 Å². The summed E-state index contributed by atoms with van der Waals surface area (Å²) < 4.78 is 5.78. The first-order valence-electron chi connectivity index (χ1n) is 10.8. The van der Waals surface area contributed by atoms with Crippen LogP contribution in [0.3, 0.4) is 0 Å². The third-order valence-corrected chi connectivity index (χ3v) is 6.11. The van der Waals surface area contributed by atoms with Crippen molar-refractivity contribution in [2.75, 3.05) is 39.3 Å². The molecule has 1 unspecified atom stereocenters. The van der Waals surface area contributed by atoms with E-state index in [9.17, 15) is 9.90 Å². The molecule has 1 heterocycles. The molecule has 1 N–H and O–H groups in total. The van der Waals surface area contributed by atoms with E-state index in [-0.39, 0.29) is 11.6 Å². The van der Waals surface area contributed by atoms with E-state index >= 15 is 0 Å². The van der Waals surface area contributed by atoms with Crippen molar-refractivity contribution in [1.29, 1.82) is 0 Å². The average molecular weight is 451 g/mol. The van der Waals surface area contributed by atoms with Crippen molar-refractivity contribution in [2.45, 2.75) is 6.04 Å². The van der Waals surface area contributed by atoms with E-state index in [4.69, 9.17) is 16.3 Å². The standard InChI is InChI=1S/C26H27ClN2O3/c27-22-12-10-21(11-13-22)25(20-6-2-1-3-7-20)29-16-14-28(15-17-29)18-19-32-24-9-5-4-8-23(24)26(30)31/h1-13,25H,14-19H2,(H,30,31). The van der Waals surface area contributed by atoms with Crippen LogP contribution >= 0.6 is 11.6 Å². The molecule has 3 aromatic carbocycles. The minimum Gasteiger partial charge on any atom is -0.491 e. The zero-order valence-corrected chi connectivity index (χ0v) is 18.6. The highest BCUT2D eigenvalue weighted by Gasteiger charge is 2.26. The summed E-state index contributed by atoms with van der Waals surface area (Å²) in [6.45, 7) is 4.96. The van der Waals surface area contributed by atoms with Gasteiger partial charge in [-0.2, -0.15) is 0 Å². The Hall–Kier alpha value is -2.86. The fraction of sp³-hybridized carbons (Fsp3) is 0.269. The molecule has 0 spiro atoms. The van der Waals surface area contributed by atoms with Gasteiger partial charge in [-0.05, 0) is 35.4 Å². The van der Waals surface area contributed by atoms with Crippen LogP contribution in [0.25, 0.3) is 0 Å². The van der Waals surface area contributed by atoms with Gasteiger partial charge in [0.2, 0.25) is 0 Å². The Morgan fingerprint density at radius 1 is 0.875 bits per heavy atom. The molecule has 1 saturated heterocycles. The summed E-state index contributed by atoms with van der Waals surface area (Å²) in [7, 11) is 0. The number of hydrogen-bond donors (Lipinski definition) is 1. The number of rotatable bonds is 8. The second-order valence-corrected chi connectivity index (χ2v) is 8.33. The van der Waals surface area contributed by atoms with E-state index in [0.29, 0.717) is 12.4 Å². The lowest BCUT2D eigenvalue weighted by Gasteiger charge is -2.39. The monoisotopic (exact) mass is 450 g/mol. The predicted molar refractivity (Wildman–Crippen MR) is 127 cm³/mol. The van der Waals surface area contributed by atoms with Crippen LogP contribution in [0.4, 0.5) is 0 Å². The first kappa shape index (κ1) is 22.3. The fourth-order valence-corrected chi connectivity index (χ4v) is 4.32. The number of benzene rings is 3. The quantitative estimate of drug-likeness (QED) is 0.533. The summed E-state index contributed by atoms with van der Waals surface area (Å²) in [5.74, 6) is -0.547. The normalized spacial score (nSPS) is 15.9. The molecule has 0 amide bonds. The van der Waals surface area contributed by atoms with Gasteiger partial charge in [0.05, 0.1) is 6.04 Å². The van der Waals surface area contributed by atoms with Crippen LogP contribution in [0.15, 0.2) is 78.9 Å². The molecule has 5 nitrogen and oxygen atoms in total. The van der Waals surface area contributed by atoms with Gasteiger partial charge >= 0.3 is 5.97 Å². The average Bonchev–Trinajstić information content (AvgIpc) is 2.82. The van der Waals surface area contributed by atoms with Crippen molar-refractivity contribution in [2.24, 2.45) is 0 Å². The number of halogens is 1. The minimum absolute atomic E-state index is 0.189. The Kier molecular flexibility index (Phi) is 7.43. The number of carboxylic acids is 1. The van der Waals surface area contributed by atoms with Crippen LogP contribution in [-0.2, 0) is 0 Å². The van der Waals surface area contributed by atoms with E-state index in [2.05, 4.69) is 46.2 Å². The lowest BCUT2D eigenvalue weighted by Crippen LogP contribution is -2.48. The number of carbonyl (C=O) groups is 1. The summed E-state index contributed by atoms with van der Waals surface area (Å²) in [6.07, 6.45) is 0. The third-order valence-electron chi connectivity index (χ3n) is 5.86. The van der Waals surface area contributed by atoms with E-state index < -0.39 is 5.97 Å². The van der Waals surface area contributed by atoms with Gasteiger partial charge in [0.1, 0.15) is 17.9 Å². The summed E-state index contributed by atoms with van der Waals surface area (Å²) >= 11 is 6.12. The second kappa shape index (κ2) is 10.6. The lowest BCUT2D eigenvalue weighted by atomic mass is 9.96. The summed E-state index contributed by atoms with van der Waals surface area (Å²) in [5.41, 5.74) is 2.71. The third kappa shape index (κ3) is 5.49. The van der Waals surface area contributed by atoms with Crippen molar-refractivity contribution in [3.8, 4) is 5.75 Å². The van der Waals surface area contributed by atoms with E-state index in [1.54, 1.807) is 24.3 Å². The Labute approximate surface area is 193 Å². The van der Waals surface area contributed by atoms with Gasteiger partial charge in [-0.1, -0.05) is 66.2 Å². The Balaban J connectivity index is 1.36. The van der Waals surface area contributed by atoms with Crippen LogP contribution in [0.2, 0.25) is 5.02 Å². The molecule has 0 saturated carbocycles. The van der Waals surface area contributed by atoms with E-state index in [1.807, 2.05) is 18.2 Å². The zero-order chi connectivity index (χ0) is 22.3. The molecule has 1 atom stereocenters. The van der Waals surface area contributed by atoms with Gasteiger partial charge < -0.3 is 9.84 Å². The molecular formula is C26H27ClN2O3. The van der Waals surface area contributed by atoms with E-state index in [0.717, 1.165) is 37.7 Å². The molecule has 0 radical (unpaired) electrons. The minimum atomic E-state index is -0.969. The molecule has 1 fully saturated rings. The van der Waals surface area contributed by atoms with Gasteiger partial charge in [-0.25, -0.2) is 4.79 Å². The Bertz CT molecular complexity index is 1020. The maximum Gasteiger partial charge on any atom is 0.339 e. The van der Waals surface area contributed by atoms with Crippen molar-refractivity contribution in [3.05, 3.63) is 101 Å². The molecule has 1 aliphatic heterocycles. The van der Waals surface area contributed by atoms with Gasteiger partial charge in [-0.3, -0.25) is 9.80 Å². The SMILES string of the molecule is O=C(O)c1ccccc1OCCN1CCN(C(c2ccccc2)c2ccc(Cl)cc2)CC1. The summed E-state index contributed by atoms with van der Waals surface area (Å²) in [5, 5.41) is 10.0. The van der Waals surface area contributed by atoms with Gasteiger partial charge in [0, 0.05) is 37.7 Å². The van der Waals surface area contributed by atoms with Crippen molar-refractivity contribution in [3.63, 3.8) is 0 Å². The van der Waals surface area contributed by atoms with Gasteiger partial charge in [0.25, 0.3) is 0 Å². The van der Waals surface area contributed by atoms with Crippen molar-refractivity contribution < 1.29 is 14.6 Å². The van der Waals surface area contributed by atoms with Crippen LogP contribution < -0.4 is 4.74 Å². The first-order chi connectivity index (χ1) is 15.6. The Morgan fingerprint density at radius 3 is 2.19 bits per heavy atom. The predicted octanol–water partition coefficient (Wildman–Crippen LogP) is 4.82. The van der Waals surface area contributed by atoms with Crippen LogP contribution in [-0.4, -0.2) is 60.2 Å². The lowest BCUT2D eigenvalue weighted by molar-refractivity contribution is 0.0689. The van der Waals surface area contributed by atoms with E-state index in [1.165, 1.54) is 11.1 Å². The largest absolute Gasteiger partial charge is 0.491 e. The smallest absolute Gasteiger partial charge is 0.339 e. The number of ether oxygens (including phenoxy) is 1. The molecule has 6 heteroatoms. The second-order valence-electron chi connectivity index (χ2n) is 7.89. The zero-order valence-electron chi connectivity index (χ0n) is 17.9. The highest BCUT2D eigenvalue weighted by molar-refractivity contribution is 6.30. The summed E-state index contributed by atoms with van der Waals surface area (Å²) in [4.78, 5) is 16.2. The molecule has 0 aliphatic carbocycles. The highest BCUT2D eigenvalue weighted by Crippen LogP contribution is 2.30. The molecular weight excluding hydrogens is 424 g/mol. The molecule has 0 bridgehead atoms. The molecule has 1 aliphatic rings. The molecule has 166 valence electrons. The number of carboxylic acid groups (broad SMARTS) is 1. The molecule has 32 heavy (non-hydrogen) atoms. The van der Waals surface area contributed by atoms with Gasteiger partial charge in [0.15, 0.2) is 0 Å². The number of piperazine rings is 1. The number of aromatic carboxylic acids is 1. The Morgan fingerprint density at radius 2 is 1.50 bits per heavy atom. The number of hydrogen-bond acceptors (Lipinski definition) is 4. The van der Waals surface area contributed by atoms with Crippen LogP contribution in [0, 0.1) is 0 Å². The maximum atomic E-state index is 11.3. The first-order valence-corrected chi connectivity index (χ1v) is 11.2. The van der Waals surface area contributed by atoms with Crippen molar-refractivity contribution >= 4 is 17.6 Å². The fourth-order valence-electron chi connectivity index (χ4n) is 4.19. The topological polar surface area (TPSA) is 53.0 Å². The van der Waals surface area contributed by atoms with Crippen LogP contribution in [0.5, 0.6) is 5.75 Å². The highest BCUT2D eigenvalue weighted by atomic mass is 35.5. The molecule has 3 aromatic rings. The van der Waals surface area contributed by atoms with Gasteiger partial charge in [-0.15, -0.1) is 0 Å². The summed E-state index contributed by atoms with van der Waals surface area (Å²) in [6, 6.07) is 25.7. The molecule has 0 aromatic heterocycles.